The van der Waals surface area contributed by atoms with Gasteiger partial charge in [0.25, 0.3) is 11.8 Å². The highest BCUT2D eigenvalue weighted by molar-refractivity contribution is 7.85. The van der Waals surface area contributed by atoms with Gasteiger partial charge in [-0.15, -0.1) is 0 Å². The molecule has 3 N–H and O–H groups in total. The molecule has 156 valence electrons. The molecular weight excluding hydrogens is 394 g/mol. The molecule has 9 heteroatoms. The van der Waals surface area contributed by atoms with Gasteiger partial charge in [0.15, 0.2) is 0 Å². The van der Waals surface area contributed by atoms with E-state index in [4.69, 9.17) is 5.73 Å². The van der Waals surface area contributed by atoms with E-state index in [2.05, 4.69) is 5.32 Å². The average molecular weight is 420 g/mol. The molecule has 2 unspecified atom stereocenters. The Balaban J connectivity index is 1.73. The molecule has 1 fully saturated rings. The summed E-state index contributed by atoms with van der Waals surface area (Å²) in [7, 11) is -1.42. The van der Waals surface area contributed by atoms with Crippen LogP contribution in [0.25, 0.3) is 0 Å². The van der Waals surface area contributed by atoms with Crippen molar-refractivity contribution in [2.24, 2.45) is 5.73 Å². The summed E-state index contributed by atoms with van der Waals surface area (Å²) in [6.45, 7) is 0.669. The smallest absolute Gasteiger partial charge is 0.263 e. The number of imide groups is 2. The molecular formula is C20H25N3O5S. The number of nitrogens with zero attached hydrogens (tertiary/aromatic N) is 1. The number of nitrogens with two attached hydrogens (primary N) is 1. The second-order valence-electron chi connectivity index (χ2n) is 7.23. The molecule has 4 amide bonds. The second kappa shape index (κ2) is 9.41. The van der Waals surface area contributed by atoms with Crippen molar-refractivity contribution in [3.8, 4) is 0 Å². The minimum atomic E-state index is -1.42. The number of piperidine rings is 1. The van der Waals surface area contributed by atoms with Gasteiger partial charge in [0.1, 0.15) is 6.04 Å². The molecule has 1 saturated heterocycles. The first-order valence-electron chi connectivity index (χ1n) is 9.88. The Morgan fingerprint density at radius 2 is 1.76 bits per heavy atom. The van der Waals surface area contributed by atoms with E-state index >= 15 is 0 Å². The topological polar surface area (TPSA) is 127 Å². The number of rotatable bonds is 9. The molecule has 0 bridgehead atoms. The van der Waals surface area contributed by atoms with Crippen LogP contribution in [0.2, 0.25) is 0 Å². The van der Waals surface area contributed by atoms with Gasteiger partial charge in [-0.05, 0) is 37.9 Å². The number of carbonyl (C=O) groups excluding carboxylic acids is 4. The molecule has 0 saturated carbocycles. The predicted molar refractivity (Wildman–Crippen MR) is 107 cm³/mol. The number of benzene rings is 1. The van der Waals surface area contributed by atoms with Crippen molar-refractivity contribution in [2.75, 3.05) is 12.3 Å². The molecule has 1 aromatic rings. The van der Waals surface area contributed by atoms with E-state index in [1.807, 2.05) is 0 Å². The van der Waals surface area contributed by atoms with Crippen molar-refractivity contribution < 1.29 is 23.4 Å². The van der Waals surface area contributed by atoms with E-state index in [1.54, 1.807) is 12.1 Å². The van der Waals surface area contributed by atoms with Crippen LogP contribution in [-0.2, 0) is 20.4 Å². The van der Waals surface area contributed by atoms with Gasteiger partial charge >= 0.3 is 0 Å². The van der Waals surface area contributed by atoms with Crippen molar-refractivity contribution in [1.82, 2.24) is 10.2 Å². The highest BCUT2D eigenvalue weighted by Gasteiger charge is 2.45. The minimum absolute atomic E-state index is 0.0623. The Kier molecular flexibility index (Phi) is 6.92. The van der Waals surface area contributed by atoms with Crippen molar-refractivity contribution in [3.63, 3.8) is 0 Å². The lowest BCUT2D eigenvalue weighted by atomic mass is 10.0. The standard InChI is InChI=1S/C20H25N3O5S/c21-11-4-2-1-3-5-12-29(28)15-8-6-7-13-17(15)20(27)23(19(13)26)14-9-10-16(24)22-18(14)25/h6-8,14H,1-5,9-12,21H2,(H,22,24,25). The fourth-order valence-electron chi connectivity index (χ4n) is 3.69. The highest BCUT2D eigenvalue weighted by Crippen LogP contribution is 2.31. The molecule has 0 radical (unpaired) electrons. The fraction of sp³-hybridized carbons (Fsp3) is 0.500. The molecule has 8 nitrogen and oxygen atoms in total. The number of hydrogen-bond donors (Lipinski definition) is 2. The third-order valence-corrected chi connectivity index (χ3v) is 6.70. The van der Waals surface area contributed by atoms with Crippen LogP contribution in [0, 0.1) is 0 Å². The first-order valence-corrected chi connectivity index (χ1v) is 11.2. The SMILES string of the molecule is NCCCCCCCS(=O)c1cccc2c1C(=O)N(C1CCC(=O)NC1=O)C2=O. The molecule has 3 rings (SSSR count). The zero-order valence-corrected chi connectivity index (χ0v) is 17.0. The van der Waals surface area contributed by atoms with E-state index in [0.29, 0.717) is 17.2 Å². The lowest BCUT2D eigenvalue weighted by Crippen LogP contribution is -2.54. The first-order chi connectivity index (χ1) is 14.0. The van der Waals surface area contributed by atoms with Crippen LogP contribution in [0.1, 0.15) is 65.7 Å². The maximum atomic E-state index is 13.0. The number of hydrogen-bond acceptors (Lipinski definition) is 6. The lowest BCUT2D eigenvalue weighted by molar-refractivity contribution is -0.136. The van der Waals surface area contributed by atoms with E-state index in [-0.39, 0.29) is 24.0 Å². The minimum Gasteiger partial charge on any atom is -0.330 e. The van der Waals surface area contributed by atoms with Gasteiger partial charge < -0.3 is 5.73 Å². The summed E-state index contributed by atoms with van der Waals surface area (Å²) in [5.41, 5.74) is 5.75. The van der Waals surface area contributed by atoms with Crippen LogP contribution in [0.3, 0.4) is 0 Å². The van der Waals surface area contributed by atoms with E-state index in [0.717, 1.165) is 37.0 Å². The zero-order valence-electron chi connectivity index (χ0n) is 16.1. The monoisotopic (exact) mass is 419 g/mol. The van der Waals surface area contributed by atoms with Gasteiger partial charge in [0, 0.05) is 12.2 Å². The number of unbranched alkanes of at least 4 members (excludes halogenated alkanes) is 4. The van der Waals surface area contributed by atoms with E-state index in [1.165, 1.54) is 6.07 Å². The first kappa shape index (κ1) is 21.3. The summed E-state index contributed by atoms with van der Waals surface area (Å²) in [4.78, 5) is 50.6. The average Bonchev–Trinajstić information content (AvgIpc) is 2.95. The van der Waals surface area contributed by atoms with Crippen molar-refractivity contribution >= 4 is 34.4 Å². The fourth-order valence-corrected chi connectivity index (χ4v) is 5.03. The Morgan fingerprint density at radius 1 is 1.03 bits per heavy atom. The Bertz CT molecular complexity index is 870. The summed E-state index contributed by atoms with van der Waals surface area (Å²) in [6, 6.07) is 3.69. The van der Waals surface area contributed by atoms with Gasteiger partial charge in [-0.25, -0.2) is 0 Å². The van der Waals surface area contributed by atoms with E-state index in [9.17, 15) is 23.4 Å². The normalized spacial score (nSPS) is 20.0. The van der Waals surface area contributed by atoms with Crippen LogP contribution in [0.5, 0.6) is 0 Å². The van der Waals surface area contributed by atoms with Crippen molar-refractivity contribution in [3.05, 3.63) is 29.3 Å². The summed E-state index contributed by atoms with van der Waals surface area (Å²) in [5, 5.41) is 2.17. The largest absolute Gasteiger partial charge is 0.330 e. The number of amides is 4. The Morgan fingerprint density at radius 3 is 2.48 bits per heavy atom. The molecule has 29 heavy (non-hydrogen) atoms. The van der Waals surface area contributed by atoms with Crippen LogP contribution in [0.4, 0.5) is 0 Å². The van der Waals surface area contributed by atoms with Crippen LogP contribution in [-0.4, -0.2) is 51.1 Å². The molecule has 2 aliphatic rings. The Labute approximate surface area is 171 Å². The molecule has 2 heterocycles. The number of carbonyl (C=O) groups is 4. The van der Waals surface area contributed by atoms with Crippen LogP contribution in [0.15, 0.2) is 23.1 Å². The number of nitrogens with one attached hydrogen (secondary N) is 1. The van der Waals surface area contributed by atoms with Crippen LogP contribution < -0.4 is 11.1 Å². The van der Waals surface area contributed by atoms with E-state index < -0.39 is 40.5 Å². The van der Waals surface area contributed by atoms with Crippen molar-refractivity contribution in [2.45, 2.75) is 55.9 Å². The second-order valence-corrected chi connectivity index (χ2v) is 8.77. The maximum absolute atomic E-state index is 13.0. The summed E-state index contributed by atoms with van der Waals surface area (Å²) in [5.74, 6) is -1.88. The molecule has 0 spiro atoms. The highest BCUT2D eigenvalue weighted by atomic mass is 32.2. The quantitative estimate of drug-likeness (QED) is 0.456. The molecule has 0 aliphatic carbocycles. The van der Waals surface area contributed by atoms with Gasteiger partial charge in [-0.1, -0.05) is 25.3 Å². The lowest BCUT2D eigenvalue weighted by Gasteiger charge is -2.27. The van der Waals surface area contributed by atoms with Gasteiger partial charge in [-0.3, -0.25) is 33.6 Å². The maximum Gasteiger partial charge on any atom is 0.263 e. The summed E-state index contributed by atoms with van der Waals surface area (Å²) >= 11 is 0. The van der Waals surface area contributed by atoms with Crippen LogP contribution >= 0.6 is 0 Å². The third kappa shape index (κ3) is 4.45. The van der Waals surface area contributed by atoms with Gasteiger partial charge in [0.05, 0.1) is 26.8 Å². The van der Waals surface area contributed by atoms with Gasteiger partial charge in [0.2, 0.25) is 11.8 Å². The third-order valence-electron chi connectivity index (χ3n) is 5.21. The molecule has 2 atom stereocenters. The molecule has 0 aromatic heterocycles. The summed E-state index contributed by atoms with van der Waals surface area (Å²) < 4.78 is 12.8. The van der Waals surface area contributed by atoms with Crippen molar-refractivity contribution in [1.29, 1.82) is 0 Å². The summed E-state index contributed by atoms with van der Waals surface area (Å²) in [6.07, 6.45) is 4.86. The zero-order chi connectivity index (χ0) is 21.0. The molecule has 1 aromatic carbocycles. The predicted octanol–water partition coefficient (Wildman–Crippen LogP) is 1.10. The number of fused-ring (bicyclic) bond motifs is 1. The molecule has 2 aliphatic heterocycles. The van der Waals surface area contributed by atoms with Gasteiger partial charge in [-0.2, -0.15) is 0 Å². The Hall–Kier alpha value is -2.39.